The minimum Gasteiger partial charge on any atom is -0.328 e. The fourth-order valence-electron chi connectivity index (χ4n) is 1.19. The molecule has 0 bridgehead atoms. The minimum absolute atomic E-state index is 0.292. The van der Waals surface area contributed by atoms with Crippen molar-refractivity contribution in [3.8, 4) is 0 Å². The standard InChI is InChI=1S/C11H16BrN/c1-8-3-5-10(7-11(8)12)6-4-9(2)13/h3,5,7,9H,4,6,13H2,1-2H3. The molecule has 1 rings (SSSR count). The van der Waals surface area contributed by atoms with Crippen LogP contribution in [-0.4, -0.2) is 6.04 Å². The summed E-state index contributed by atoms with van der Waals surface area (Å²) in [5.41, 5.74) is 8.33. The van der Waals surface area contributed by atoms with Gasteiger partial charge in [0.2, 0.25) is 0 Å². The van der Waals surface area contributed by atoms with E-state index in [-0.39, 0.29) is 0 Å². The molecule has 2 heteroatoms. The van der Waals surface area contributed by atoms with Crippen LogP contribution < -0.4 is 5.73 Å². The molecule has 0 aliphatic rings. The molecule has 0 saturated carbocycles. The Morgan fingerprint density at radius 1 is 1.46 bits per heavy atom. The van der Waals surface area contributed by atoms with Crippen molar-refractivity contribution in [2.45, 2.75) is 32.7 Å². The second-order valence-corrected chi connectivity index (χ2v) is 4.45. The largest absolute Gasteiger partial charge is 0.328 e. The Morgan fingerprint density at radius 2 is 2.15 bits per heavy atom. The van der Waals surface area contributed by atoms with E-state index in [0.717, 1.165) is 12.8 Å². The Bertz CT molecular complexity index is 281. The van der Waals surface area contributed by atoms with E-state index in [1.54, 1.807) is 0 Å². The van der Waals surface area contributed by atoms with Crippen LogP contribution in [-0.2, 0) is 6.42 Å². The van der Waals surface area contributed by atoms with E-state index in [0.29, 0.717) is 6.04 Å². The molecule has 1 nitrogen and oxygen atoms in total. The Balaban J connectivity index is 2.63. The van der Waals surface area contributed by atoms with Gasteiger partial charge in [-0.25, -0.2) is 0 Å². The topological polar surface area (TPSA) is 26.0 Å². The van der Waals surface area contributed by atoms with Gasteiger partial charge in [0.25, 0.3) is 0 Å². The molecule has 1 aromatic rings. The number of rotatable bonds is 3. The van der Waals surface area contributed by atoms with Gasteiger partial charge in [0.05, 0.1) is 0 Å². The normalized spacial score (nSPS) is 12.9. The molecule has 1 unspecified atom stereocenters. The van der Waals surface area contributed by atoms with Crippen molar-refractivity contribution in [1.29, 1.82) is 0 Å². The van der Waals surface area contributed by atoms with Gasteiger partial charge in [0.15, 0.2) is 0 Å². The maximum Gasteiger partial charge on any atom is 0.0207 e. The fourth-order valence-corrected chi connectivity index (χ4v) is 1.61. The molecule has 0 aliphatic carbocycles. The van der Waals surface area contributed by atoms with E-state index in [2.05, 4.69) is 41.1 Å². The predicted molar refractivity (Wildman–Crippen MR) is 60.8 cm³/mol. The summed E-state index contributed by atoms with van der Waals surface area (Å²) in [6.45, 7) is 4.14. The SMILES string of the molecule is Cc1ccc(CCC(C)N)cc1Br. The van der Waals surface area contributed by atoms with Gasteiger partial charge >= 0.3 is 0 Å². The molecule has 0 aliphatic heterocycles. The molecule has 1 aromatic carbocycles. The highest BCUT2D eigenvalue weighted by Crippen LogP contribution is 2.18. The molecule has 72 valence electrons. The molecule has 0 fully saturated rings. The van der Waals surface area contributed by atoms with Crippen LogP contribution >= 0.6 is 15.9 Å². The van der Waals surface area contributed by atoms with Crippen LogP contribution in [0.4, 0.5) is 0 Å². The summed E-state index contributed by atoms with van der Waals surface area (Å²) in [4.78, 5) is 0. The zero-order chi connectivity index (χ0) is 9.84. The molecule has 1 atom stereocenters. The van der Waals surface area contributed by atoms with Crippen molar-refractivity contribution in [2.24, 2.45) is 5.73 Å². The van der Waals surface area contributed by atoms with Gasteiger partial charge in [0.1, 0.15) is 0 Å². The van der Waals surface area contributed by atoms with E-state index in [1.165, 1.54) is 15.6 Å². The monoisotopic (exact) mass is 241 g/mol. The molecule has 0 radical (unpaired) electrons. The van der Waals surface area contributed by atoms with Gasteiger partial charge < -0.3 is 5.73 Å². The Kier molecular flexibility index (Phi) is 3.94. The first-order valence-corrected chi connectivity index (χ1v) is 5.39. The van der Waals surface area contributed by atoms with Crippen molar-refractivity contribution in [2.75, 3.05) is 0 Å². The summed E-state index contributed by atoms with van der Waals surface area (Å²) in [5.74, 6) is 0. The van der Waals surface area contributed by atoms with Crippen LogP contribution in [0.15, 0.2) is 22.7 Å². The molecule has 0 heterocycles. The number of hydrogen-bond acceptors (Lipinski definition) is 1. The van der Waals surface area contributed by atoms with E-state index in [9.17, 15) is 0 Å². The summed E-state index contributed by atoms with van der Waals surface area (Å²) in [5, 5.41) is 0. The van der Waals surface area contributed by atoms with Gasteiger partial charge in [-0.15, -0.1) is 0 Å². The highest BCUT2D eigenvalue weighted by molar-refractivity contribution is 9.10. The van der Waals surface area contributed by atoms with E-state index in [1.807, 2.05) is 6.92 Å². The highest BCUT2D eigenvalue weighted by atomic mass is 79.9. The van der Waals surface area contributed by atoms with Crippen LogP contribution in [0, 0.1) is 6.92 Å². The summed E-state index contributed by atoms with van der Waals surface area (Å²) in [6, 6.07) is 6.78. The molecule has 0 saturated heterocycles. The summed E-state index contributed by atoms with van der Waals surface area (Å²) in [7, 11) is 0. The third kappa shape index (κ3) is 3.49. The average Bonchev–Trinajstić information content (AvgIpc) is 2.07. The van der Waals surface area contributed by atoms with Crippen molar-refractivity contribution in [3.63, 3.8) is 0 Å². The number of benzene rings is 1. The molecule has 0 aromatic heterocycles. The van der Waals surface area contributed by atoms with E-state index < -0.39 is 0 Å². The third-order valence-electron chi connectivity index (χ3n) is 2.12. The van der Waals surface area contributed by atoms with Crippen LogP contribution in [0.1, 0.15) is 24.5 Å². The molecule has 0 spiro atoms. The molecule has 0 amide bonds. The molecular formula is C11H16BrN. The first-order valence-electron chi connectivity index (χ1n) is 4.60. The Morgan fingerprint density at radius 3 is 2.69 bits per heavy atom. The smallest absolute Gasteiger partial charge is 0.0207 e. The van der Waals surface area contributed by atoms with Crippen LogP contribution in [0.2, 0.25) is 0 Å². The summed E-state index contributed by atoms with van der Waals surface area (Å²) in [6.07, 6.45) is 2.12. The van der Waals surface area contributed by atoms with Crippen LogP contribution in [0.3, 0.4) is 0 Å². The molecular weight excluding hydrogens is 226 g/mol. The van der Waals surface area contributed by atoms with E-state index in [4.69, 9.17) is 5.73 Å². The minimum atomic E-state index is 0.292. The van der Waals surface area contributed by atoms with Crippen molar-refractivity contribution >= 4 is 15.9 Å². The van der Waals surface area contributed by atoms with Crippen molar-refractivity contribution < 1.29 is 0 Å². The van der Waals surface area contributed by atoms with Crippen LogP contribution in [0.5, 0.6) is 0 Å². The van der Waals surface area contributed by atoms with Crippen LogP contribution in [0.25, 0.3) is 0 Å². The lowest BCUT2D eigenvalue weighted by atomic mass is 10.1. The zero-order valence-corrected chi connectivity index (χ0v) is 9.76. The van der Waals surface area contributed by atoms with Gasteiger partial charge in [-0.05, 0) is 43.9 Å². The third-order valence-corrected chi connectivity index (χ3v) is 2.98. The Hall–Kier alpha value is -0.340. The molecule has 2 N–H and O–H groups in total. The summed E-state index contributed by atoms with van der Waals surface area (Å²) >= 11 is 3.52. The lowest BCUT2D eigenvalue weighted by molar-refractivity contribution is 0.666. The maximum absolute atomic E-state index is 5.70. The molecule has 13 heavy (non-hydrogen) atoms. The van der Waals surface area contributed by atoms with Crippen molar-refractivity contribution in [3.05, 3.63) is 33.8 Å². The number of aryl methyl sites for hydroxylation is 2. The van der Waals surface area contributed by atoms with Gasteiger partial charge in [-0.2, -0.15) is 0 Å². The van der Waals surface area contributed by atoms with Crippen molar-refractivity contribution in [1.82, 2.24) is 0 Å². The lowest BCUT2D eigenvalue weighted by Gasteiger charge is -2.06. The average molecular weight is 242 g/mol. The zero-order valence-electron chi connectivity index (χ0n) is 8.18. The number of nitrogens with two attached hydrogens (primary N) is 1. The fraction of sp³-hybridized carbons (Fsp3) is 0.455. The quantitative estimate of drug-likeness (QED) is 0.866. The van der Waals surface area contributed by atoms with E-state index >= 15 is 0 Å². The maximum atomic E-state index is 5.70. The van der Waals surface area contributed by atoms with Gasteiger partial charge in [-0.3, -0.25) is 0 Å². The predicted octanol–water partition coefficient (Wildman–Crippen LogP) is 3.04. The highest BCUT2D eigenvalue weighted by Gasteiger charge is 1.99. The van der Waals surface area contributed by atoms with Gasteiger partial charge in [-0.1, -0.05) is 28.1 Å². The lowest BCUT2D eigenvalue weighted by Crippen LogP contribution is -2.15. The summed E-state index contributed by atoms with van der Waals surface area (Å²) < 4.78 is 1.19. The number of hydrogen-bond donors (Lipinski definition) is 1. The Labute approximate surface area is 88.5 Å². The second kappa shape index (κ2) is 4.77. The van der Waals surface area contributed by atoms with Gasteiger partial charge in [0, 0.05) is 10.5 Å². The number of halogens is 1. The second-order valence-electron chi connectivity index (χ2n) is 3.60. The first kappa shape index (κ1) is 10.7. The first-order chi connectivity index (χ1) is 6.09.